The molecule has 0 radical (unpaired) electrons. The zero-order valence-corrected chi connectivity index (χ0v) is 14.9. The third-order valence-electron chi connectivity index (χ3n) is 4.67. The Morgan fingerprint density at radius 3 is 2.62 bits per heavy atom. The van der Waals surface area contributed by atoms with Crippen molar-refractivity contribution >= 4 is 11.6 Å². The molecule has 10 nitrogen and oxygen atoms in total. The van der Waals surface area contributed by atoms with E-state index in [1.807, 2.05) is 0 Å². The first-order valence-electron chi connectivity index (χ1n) is 8.77. The molecule has 2 aromatic rings. The molecule has 0 aromatic carbocycles. The molecule has 1 aliphatic rings. The van der Waals surface area contributed by atoms with Gasteiger partial charge in [0.05, 0.1) is 4.92 Å². The van der Waals surface area contributed by atoms with E-state index >= 15 is 0 Å². The van der Waals surface area contributed by atoms with Crippen molar-refractivity contribution in [1.82, 2.24) is 25.2 Å². The number of carbonyl (C=O) groups is 1. The number of hydrogen-bond donors (Lipinski definition) is 1. The topological polar surface area (TPSA) is 129 Å². The quantitative estimate of drug-likeness (QED) is 0.491. The van der Waals surface area contributed by atoms with Gasteiger partial charge in [-0.3, -0.25) is 19.6 Å². The van der Waals surface area contributed by atoms with Crippen LogP contribution in [0.2, 0.25) is 0 Å². The summed E-state index contributed by atoms with van der Waals surface area (Å²) in [6.45, 7) is 3.28. The number of nitro groups is 1. The zero-order valence-electron chi connectivity index (χ0n) is 14.9. The fraction of sp³-hybridized carbons (Fsp3) is 0.625. The predicted octanol–water partition coefficient (Wildman–Crippen LogP) is 2.29. The minimum Gasteiger partial charge on any atom is -0.345 e. The molecule has 1 N–H and O–H groups in total. The highest BCUT2D eigenvalue weighted by Crippen LogP contribution is 2.22. The van der Waals surface area contributed by atoms with Gasteiger partial charge in [-0.05, 0) is 26.7 Å². The molecular weight excluding hydrogens is 340 g/mol. The molecular formula is C16H22N6O4. The fourth-order valence-corrected chi connectivity index (χ4v) is 3.32. The van der Waals surface area contributed by atoms with Crippen molar-refractivity contribution in [1.29, 1.82) is 0 Å². The van der Waals surface area contributed by atoms with E-state index in [2.05, 4.69) is 20.6 Å². The number of aromatic nitrogens is 4. The van der Waals surface area contributed by atoms with Crippen LogP contribution in [-0.4, -0.2) is 36.8 Å². The molecule has 0 aliphatic heterocycles. The van der Waals surface area contributed by atoms with Crippen molar-refractivity contribution < 1.29 is 14.2 Å². The van der Waals surface area contributed by atoms with Crippen LogP contribution >= 0.6 is 0 Å². The average Bonchev–Trinajstić information content (AvgIpc) is 3.05. The van der Waals surface area contributed by atoms with E-state index in [-0.39, 0.29) is 35.9 Å². The van der Waals surface area contributed by atoms with Crippen molar-refractivity contribution in [3.05, 3.63) is 33.2 Å². The van der Waals surface area contributed by atoms with Gasteiger partial charge in [-0.2, -0.15) is 10.1 Å². The highest BCUT2D eigenvalue weighted by molar-refractivity contribution is 5.89. The van der Waals surface area contributed by atoms with Crippen LogP contribution in [0.15, 0.2) is 4.52 Å². The van der Waals surface area contributed by atoms with Gasteiger partial charge in [0.1, 0.15) is 17.9 Å². The van der Waals surface area contributed by atoms with Gasteiger partial charge in [-0.15, -0.1) is 0 Å². The van der Waals surface area contributed by atoms with Crippen LogP contribution in [0.4, 0.5) is 5.69 Å². The molecule has 1 aliphatic carbocycles. The van der Waals surface area contributed by atoms with E-state index in [9.17, 15) is 14.9 Å². The number of hydrogen-bond acceptors (Lipinski definition) is 7. The molecule has 1 saturated carbocycles. The Morgan fingerprint density at radius 1 is 1.31 bits per heavy atom. The van der Waals surface area contributed by atoms with Crippen molar-refractivity contribution in [3.63, 3.8) is 0 Å². The Morgan fingerprint density at radius 2 is 2.00 bits per heavy atom. The first kappa shape index (κ1) is 18.0. The van der Waals surface area contributed by atoms with Gasteiger partial charge < -0.3 is 9.84 Å². The van der Waals surface area contributed by atoms with Crippen molar-refractivity contribution in [2.24, 2.45) is 0 Å². The molecule has 26 heavy (non-hydrogen) atoms. The van der Waals surface area contributed by atoms with Gasteiger partial charge in [-0.1, -0.05) is 30.8 Å². The van der Waals surface area contributed by atoms with Crippen LogP contribution in [-0.2, 0) is 6.54 Å². The summed E-state index contributed by atoms with van der Waals surface area (Å²) < 4.78 is 6.48. The van der Waals surface area contributed by atoms with Crippen molar-refractivity contribution in [2.45, 2.75) is 65.0 Å². The summed E-state index contributed by atoms with van der Waals surface area (Å²) in [4.78, 5) is 27.0. The second-order valence-corrected chi connectivity index (χ2v) is 6.61. The zero-order chi connectivity index (χ0) is 18.7. The molecule has 2 heterocycles. The highest BCUT2D eigenvalue weighted by Gasteiger charge is 2.24. The average molecular weight is 362 g/mol. The van der Waals surface area contributed by atoms with E-state index < -0.39 is 4.92 Å². The first-order chi connectivity index (χ1) is 12.5. The Balaban J connectivity index is 1.67. The maximum Gasteiger partial charge on any atom is 0.316 e. The van der Waals surface area contributed by atoms with Gasteiger partial charge in [0, 0.05) is 6.04 Å². The minimum absolute atomic E-state index is 0.0279. The van der Waals surface area contributed by atoms with E-state index in [1.54, 1.807) is 13.8 Å². The van der Waals surface area contributed by atoms with Gasteiger partial charge in [0.15, 0.2) is 5.82 Å². The summed E-state index contributed by atoms with van der Waals surface area (Å²) in [5, 5.41) is 21.9. The third-order valence-corrected chi connectivity index (χ3v) is 4.67. The first-order valence-corrected chi connectivity index (χ1v) is 8.77. The molecule has 2 aromatic heterocycles. The summed E-state index contributed by atoms with van der Waals surface area (Å²) in [5.74, 6) is -0.230. The summed E-state index contributed by atoms with van der Waals surface area (Å²) in [6.07, 6.45) is 6.54. The second-order valence-electron chi connectivity index (χ2n) is 6.61. The second kappa shape index (κ2) is 7.63. The van der Waals surface area contributed by atoms with Gasteiger partial charge in [0.25, 0.3) is 0 Å². The molecule has 1 fully saturated rings. The maximum atomic E-state index is 12.3. The molecule has 1 amide bonds. The molecule has 0 spiro atoms. The summed E-state index contributed by atoms with van der Waals surface area (Å²) >= 11 is 0. The number of nitrogens with one attached hydrogen (secondary N) is 1. The van der Waals surface area contributed by atoms with Gasteiger partial charge in [0.2, 0.25) is 0 Å². The summed E-state index contributed by atoms with van der Waals surface area (Å²) in [7, 11) is 0. The van der Waals surface area contributed by atoms with E-state index in [0.29, 0.717) is 11.4 Å². The Hall–Kier alpha value is -2.78. The monoisotopic (exact) mass is 362 g/mol. The van der Waals surface area contributed by atoms with Crippen LogP contribution in [0, 0.1) is 24.0 Å². The molecule has 3 rings (SSSR count). The summed E-state index contributed by atoms with van der Waals surface area (Å²) in [5.41, 5.74) is 0.698. The maximum absolute atomic E-state index is 12.3. The lowest BCUT2D eigenvalue weighted by Crippen LogP contribution is -2.34. The summed E-state index contributed by atoms with van der Waals surface area (Å²) in [6, 6.07) is 0.138. The Labute approximate surface area is 150 Å². The normalized spacial score (nSPS) is 15.6. The van der Waals surface area contributed by atoms with Crippen LogP contribution in [0.3, 0.4) is 0 Å². The number of carbonyl (C=O) groups excluding carboxylic acids is 1. The molecule has 0 saturated heterocycles. The molecule has 0 unspecified atom stereocenters. The van der Waals surface area contributed by atoms with Gasteiger partial charge >= 0.3 is 17.5 Å². The van der Waals surface area contributed by atoms with Crippen LogP contribution in [0.5, 0.6) is 0 Å². The van der Waals surface area contributed by atoms with E-state index in [4.69, 9.17) is 4.52 Å². The molecule has 140 valence electrons. The highest BCUT2D eigenvalue weighted by atomic mass is 16.6. The minimum atomic E-state index is -0.462. The SMILES string of the molecule is Cc1nn(Cc2noc(C(=O)NC3CCCCCC3)n2)c(C)c1[N+](=O)[O-]. The van der Waals surface area contributed by atoms with Crippen molar-refractivity contribution in [2.75, 3.05) is 0 Å². The van der Waals surface area contributed by atoms with Gasteiger partial charge in [-0.25, -0.2) is 0 Å². The fourth-order valence-electron chi connectivity index (χ4n) is 3.32. The van der Waals surface area contributed by atoms with Crippen LogP contribution in [0.25, 0.3) is 0 Å². The number of rotatable bonds is 5. The molecule has 0 bridgehead atoms. The number of amides is 1. The lowest BCUT2D eigenvalue weighted by atomic mass is 10.1. The van der Waals surface area contributed by atoms with Crippen LogP contribution in [0.1, 0.15) is 66.4 Å². The van der Waals surface area contributed by atoms with Crippen LogP contribution < -0.4 is 5.32 Å². The third kappa shape index (κ3) is 3.89. The lowest BCUT2D eigenvalue weighted by molar-refractivity contribution is -0.386. The number of nitrogens with zero attached hydrogens (tertiary/aromatic N) is 5. The largest absolute Gasteiger partial charge is 0.345 e. The predicted molar refractivity (Wildman–Crippen MR) is 90.7 cm³/mol. The Bertz CT molecular complexity index is 804. The van der Waals surface area contributed by atoms with Crippen molar-refractivity contribution in [3.8, 4) is 0 Å². The van der Waals surface area contributed by atoms with E-state index in [1.165, 1.54) is 17.5 Å². The standard InChI is InChI=1S/C16H22N6O4/c1-10-14(22(24)25)11(2)21(19-10)9-13-18-16(26-20-13)15(23)17-12-7-5-3-4-6-8-12/h12H,3-9H2,1-2H3,(H,17,23). The lowest BCUT2D eigenvalue weighted by Gasteiger charge is -2.14. The molecule has 0 atom stereocenters. The van der Waals surface area contributed by atoms with E-state index in [0.717, 1.165) is 25.7 Å². The Kier molecular flexibility index (Phi) is 5.29. The smallest absolute Gasteiger partial charge is 0.316 e. The number of aryl methyl sites for hydroxylation is 1. The molecule has 10 heteroatoms.